The first kappa shape index (κ1) is 16.6. The van der Waals surface area contributed by atoms with Gasteiger partial charge >= 0.3 is 6.36 Å². The number of alkyl halides is 3. The lowest BCUT2D eigenvalue weighted by Gasteiger charge is -2.49. The second-order valence-corrected chi connectivity index (χ2v) is 6.79. The monoisotopic (exact) mass is 329 g/mol. The first-order chi connectivity index (χ1) is 10.8. The lowest BCUT2D eigenvalue weighted by atomic mass is 9.58. The second-order valence-electron chi connectivity index (χ2n) is 6.79. The van der Waals surface area contributed by atoms with Gasteiger partial charge in [-0.15, -0.1) is 13.2 Å². The van der Waals surface area contributed by atoms with E-state index in [-0.39, 0.29) is 23.1 Å². The fourth-order valence-corrected chi connectivity index (χ4v) is 4.12. The van der Waals surface area contributed by atoms with Gasteiger partial charge in [-0.1, -0.05) is 25.0 Å². The molecule has 3 nitrogen and oxygen atoms in total. The van der Waals surface area contributed by atoms with Crippen molar-refractivity contribution in [3.63, 3.8) is 0 Å². The van der Waals surface area contributed by atoms with E-state index >= 15 is 0 Å². The number of rotatable bonds is 4. The number of halogens is 3. The average molecular weight is 329 g/mol. The predicted molar refractivity (Wildman–Crippen MR) is 80.0 cm³/mol. The summed E-state index contributed by atoms with van der Waals surface area (Å²) < 4.78 is 40.7. The van der Waals surface area contributed by atoms with Gasteiger partial charge in [0.15, 0.2) is 0 Å². The summed E-state index contributed by atoms with van der Waals surface area (Å²) in [5, 5.41) is 10.9. The van der Waals surface area contributed by atoms with E-state index in [2.05, 4.69) is 4.74 Å². The van der Waals surface area contributed by atoms with Crippen LogP contribution in [-0.2, 0) is 5.41 Å². The molecular formula is C17H22F3NO2. The summed E-state index contributed by atoms with van der Waals surface area (Å²) in [4.78, 5) is 0. The van der Waals surface area contributed by atoms with E-state index in [1.807, 2.05) is 0 Å². The Morgan fingerprint density at radius 2 is 1.78 bits per heavy atom. The van der Waals surface area contributed by atoms with E-state index in [1.165, 1.54) is 12.1 Å². The standard InChI is InChI=1S/C17H22F3NO2/c18-17(19,20)23-12-7-5-11(6-8-12)16(9-2-10-16)15(22)13-3-1-4-14(13)21/h5-8,13-15,22H,1-4,9-10,21H2/t13-,14+,15+/m0/s1. The predicted octanol–water partition coefficient (Wildman–Crippen LogP) is 3.50. The number of benzene rings is 1. The number of ether oxygens (including phenoxy) is 1. The quantitative estimate of drug-likeness (QED) is 0.889. The molecule has 0 bridgehead atoms. The largest absolute Gasteiger partial charge is 0.573 e. The van der Waals surface area contributed by atoms with E-state index in [4.69, 9.17) is 5.73 Å². The van der Waals surface area contributed by atoms with Crippen molar-refractivity contribution in [3.05, 3.63) is 29.8 Å². The number of aliphatic hydroxyl groups excluding tert-OH is 1. The van der Waals surface area contributed by atoms with Crippen molar-refractivity contribution >= 4 is 0 Å². The zero-order valence-electron chi connectivity index (χ0n) is 12.9. The Kier molecular flexibility index (Phi) is 4.31. The maximum absolute atomic E-state index is 12.3. The molecule has 128 valence electrons. The van der Waals surface area contributed by atoms with Crippen LogP contribution in [0.3, 0.4) is 0 Å². The van der Waals surface area contributed by atoms with Gasteiger partial charge in [0.25, 0.3) is 0 Å². The summed E-state index contributed by atoms with van der Waals surface area (Å²) in [7, 11) is 0. The molecule has 2 aliphatic rings. The summed E-state index contributed by atoms with van der Waals surface area (Å²) in [6.45, 7) is 0. The van der Waals surface area contributed by atoms with Crippen LogP contribution in [0, 0.1) is 5.92 Å². The molecule has 0 spiro atoms. The van der Waals surface area contributed by atoms with Crippen LogP contribution >= 0.6 is 0 Å². The van der Waals surface area contributed by atoms with E-state index < -0.39 is 12.5 Å². The van der Waals surface area contributed by atoms with Crippen LogP contribution in [0.1, 0.15) is 44.1 Å². The third-order valence-electron chi connectivity index (χ3n) is 5.51. The van der Waals surface area contributed by atoms with Gasteiger partial charge < -0.3 is 15.6 Å². The molecule has 1 aromatic carbocycles. The highest BCUT2D eigenvalue weighted by molar-refractivity contribution is 5.35. The maximum atomic E-state index is 12.3. The molecule has 3 rings (SSSR count). The highest BCUT2D eigenvalue weighted by Crippen LogP contribution is 2.50. The summed E-state index contributed by atoms with van der Waals surface area (Å²) in [5.41, 5.74) is 6.63. The Balaban J connectivity index is 1.80. The Labute approximate surface area is 133 Å². The first-order valence-corrected chi connectivity index (χ1v) is 8.12. The second kappa shape index (κ2) is 5.98. The van der Waals surface area contributed by atoms with Crippen LogP contribution in [0.4, 0.5) is 13.2 Å². The van der Waals surface area contributed by atoms with Crippen molar-refractivity contribution in [2.24, 2.45) is 11.7 Å². The molecule has 2 aliphatic carbocycles. The Morgan fingerprint density at radius 3 is 2.22 bits per heavy atom. The molecule has 0 unspecified atom stereocenters. The van der Waals surface area contributed by atoms with Gasteiger partial charge in [0.1, 0.15) is 5.75 Å². The third kappa shape index (κ3) is 3.19. The zero-order chi connectivity index (χ0) is 16.7. The van der Waals surface area contributed by atoms with Crippen LogP contribution in [0.15, 0.2) is 24.3 Å². The maximum Gasteiger partial charge on any atom is 0.573 e. The minimum atomic E-state index is -4.69. The molecule has 3 N–H and O–H groups in total. The van der Waals surface area contributed by atoms with E-state index in [1.54, 1.807) is 12.1 Å². The van der Waals surface area contributed by atoms with Crippen molar-refractivity contribution in [1.29, 1.82) is 0 Å². The summed E-state index contributed by atoms with van der Waals surface area (Å²) in [6, 6.07) is 5.94. The molecule has 23 heavy (non-hydrogen) atoms. The topological polar surface area (TPSA) is 55.5 Å². The lowest BCUT2D eigenvalue weighted by molar-refractivity contribution is -0.274. The van der Waals surface area contributed by atoms with Gasteiger partial charge in [0.05, 0.1) is 6.10 Å². The van der Waals surface area contributed by atoms with Gasteiger partial charge in [-0.3, -0.25) is 0 Å². The van der Waals surface area contributed by atoms with Gasteiger partial charge in [-0.25, -0.2) is 0 Å². The van der Waals surface area contributed by atoms with E-state index in [0.717, 1.165) is 44.1 Å². The van der Waals surface area contributed by atoms with Crippen molar-refractivity contribution in [3.8, 4) is 5.75 Å². The smallest absolute Gasteiger partial charge is 0.406 e. The van der Waals surface area contributed by atoms with Crippen molar-refractivity contribution < 1.29 is 23.0 Å². The molecule has 0 saturated heterocycles. The van der Waals surface area contributed by atoms with Crippen molar-refractivity contribution in [2.45, 2.75) is 62.4 Å². The molecule has 2 fully saturated rings. The highest BCUT2D eigenvalue weighted by atomic mass is 19.4. The van der Waals surface area contributed by atoms with E-state index in [0.29, 0.717) is 0 Å². The van der Waals surface area contributed by atoms with Crippen molar-refractivity contribution in [1.82, 2.24) is 0 Å². The highest BCUT2D eigenvalue weighted by Gasteiger charge is 2.49. The third-order valence-corrected chi connectivity index (χ3v) is 5.51. The number of hydrogen-bond donors (Lipinski definition) is 2. The van der Waals surface area contributed by atoms with Crippen LogP contribution in [0.25, 0.3) is 0 Å². The van der Waals surface area contributed by atoms with Gasteiger partial charge in [0, 0.05) is 17.4 Å². The molecule has 1 aromatic rings. The number of nitrogens with two attached hydrogens (primary N) is 1. The molecular weight excluding hydrogens is 307 g/mol. The Morgan fingerprint density at radius 1 is 1.13 bits per heavy atom. The van der Waals surface area contributed by atoms with Crippen LogP contribution in [0.5, 0.6) is 5.75 Å². The van der Waals surface area contributed by atoms with E-state index in [9.17, 15) is 18.3 Å². The molecule has 2 saturated carbocycles. The molecule has 0 heterocycles. The molecule has 0 aromatic heterocycles. The normalized spacial score (nSPS) is 28.2. The molecule has 3 atom stereocenters. The number of aliphatic hydroxyl groups is 1. The summed E-state index contributed by atoms with van der Waals surface area (Å²) in [6.07, 6.45) is 0.342. The SMILES string of the molecule is N[C@@H]1CCC[C@@H]1[C@@H](O)C1(c2ccc(OC(F)(F)F)cc2)CCC1. The summed E-state index contributed by atoms with van der Waals surface area (Å²) in [5.74, 6) is -0.163. The zero-order valence-corrected chi connectivity index (χ0v) is 12.9. The molecule has 0 radical (unpaired) electrons. The fourth-order valence-electron chi connectivity index (χ4n) is 4.12. The Bertz CT molecular complexity index is 540. The summed E-state index contributed by atoms with van der Waals surface area (Å²) >= 11 is 0. The molecule has 0 amide bonds. The van der Waals surface area contributed by atoms with Gasteiger partial charge in [-0.2, -0.15) is 0 Å². The van der Waals surface area contributed by atoms with Crippen LogP contribution < -0.4 is 10.5 Å². The lowest BCUT2D eigenvalue weighted by Crippen LogP contribution is -2.51. The molecule has 6 heteroatoms. The van der Waals surface area contributed by atoms with Crippen LogP contribution in [-0.4, -0.2) is 23.6 Å². The Hall–Kier alpha value is -1.27. The average Bonchev–Trinajstić information content (AvgIpc) is 2.84. The number of hydrogen-bond acceptors (Lipinski definition) is 3. The van der Waals surface area contributed by atoms with Gasteiger partial charge in [-0.05, 0) is 43.4 Å². The molecule has 0 aliphatic heterocycles. The first-order valence-electron chi connectivity index (χ1n) is 8.12. The fraction of sp³-hybridized carbons (Fsp3) is 0.647. The minimum Gasteiger partial charge on any atom is -0.406 e. The van der Waals surface area contributed by atoms with Gasteiger partial charge in [0.2, 0.25) is 0 Å². The minimum absolute atomic E-state index is 0.00955. The van der Waals surface area contributed by atoms with Crippen molar-refractivity contribution in [2.75, 3.05) is 0 Å². The van der Waals surface area contributed by atoms with Crippen LogP contribution in [0.2, 0.25) is 0 Å².